The van der Waals surface area contributed by atoms with Crippen LogP contribution in [-0.2, 0) is 0 Å². The van der Waals surface area contributed by atoms with Gasteiger partial charge in [0, 0.05) is 27.1 Å². The number of aromatic nitrogens is 1. The van der Waals surface area contributed by atoms with Gasteiger partial charge in [0.25, 0.3) is 0 Å². The van der Waals surface area contributed by atoms with Crippen molar-refractivity contribution in [3.8, 4) is 11.3 Å². The van der Waals surface area contributed by atoms with Gasteiger partial charge in [-0.2, -0.15) is 4.37 Å². The summed E-state index contributed by atoms with van der Waals surface area (Å²) < 4.78 is 5.62. The summed E-state index contributed by atoms with van der Waals surface area (Å²) >= 11 is 3.04. The molecule has 0 saturated heterocycles. The summed E-state index contributed by atoms with van der Waals surface area (Å²) in [7, 11) is 0. The molecule has 2 N–H and O–H groups in total. The second-order valence-corrected chi connectivity index (χ2v) is 6.30. The lowest BCUT2D eigenvalue weighted by atomic mass is 9.86. The van der Waals surface area contributed by atoms with Gasteiger partial charge < -0.3 is 5.73 Å². The molecule has 3 nitrogen and oxygen atoms in total. The van der Waals surface area contributed by atoms with Crippen molar-refractivity contribution in [2.75, 3.05) is 12.0 Å². The third-order valence-electron chi connectivity index (χ3n) is 3.63. The van der Waals surface area contributed by atoms with Crippen molar-refractivity contribution < 1.29 is 4.79 Å². The average Bonchev–Trinajstić information content (AvgIpc) is 2.89. The Morgan fingerprint density at radius 2 is 2.05 bits per heavy atom. The van der Waals surface area contributed by atoms with Gasteiger partial charge in [-0.25, -0.2) is 0 Å². The molecule has 1 aliphatic rings. The van der Waals surface area contributed by atoms with E-state index in [0.29, 0.717) is 16.8 Å². The highest BCUT2D eigenvalue weighted by atomic mass is 32.2. The maximum atomic E-state index is 12.8. The molecule has 0 spiro atoms. The number of rotatable bonds is 1. The fourth-order valence-corrected chi connectivity index (χ4v) is 4.15. The molecule has 98 valence electrons. The van der Waals surface area contributed by atoms with Crippen LogP contribution in [-0.4, -0.2) is 16.4 Å². The van der Waals surface area contributed by atoms with Crippen molar-refractivity contribution >= 4 is 44.9 Å². The molecule has 0 saturated carbocycles. The van der Waals surface area contributed by atoms with E-state index in [-0.39, 0.29) is 5.78 Å². The molecule has 20 heavy (non-hydrogen) atoms. The van der Waals surface area contributed by atoms with Crippen molar-refractivity contribution in [3.05, 3.63) is 41.5 Å². The third-order valence-corrected chi connectivity index (χ3v) is 5.22. The van der Waals surface area contributed by atoms with E-state index in [0.717, 1.165) is 26.2 Å². The van der Waals surface area contributed by atoms with E-state index in [1.54, 1.807) is 17.8 Å². The first-order valence-corrected chi connectivity index (χ1v) is 8.12. The molecule has 0 bridgehead atoms. The molecule has 4 rings (SSSR count). The van der Waals surface area contributed by atoms with Crippen molar-refractivity contribution in [3.63, 3.8) is 0 Å². The Morgan fingerprint density at radius 3 is 2.85 bits per heavy atom. The summed E-state index contributed by atoms with van der Waals surface area (Å²) in [6.45, 7) is 0. The largest absolute Gasteiger partial charge is 0.398 e. The van der Waals surface area contributed by atoms with Crippen LogP contribution in [0.25, 0.3) is 21.3 Å². The topological polar surface area (TPSA) is 56.0 Å². The summed E-state index contributed by atoms with van der Waals surface area (Å²) in [5.74, 6) is 0.00620. The smallest absolute Gasteiger partial charge is 0.196 e. The maximum absolute atomic E-state index is 12.8. The molecular formula is C15H10N2OS2. The number of thioether (sulfide) groups is 1. The van der Waals surface area contributed by atoms with Crippen LogP contribution >= 0.6 is 23.3 Å². The Morgan fingerprint density at radius 1 is 1.20 bits per heavy atom. The third kappa shape index (κ3) is 1.36. The first kappa shape index (κ1) is 11.9. The minimum atomic E-state index is 0.00620. The van der Waals surface area contributed by atoms with Gasteiger partial charge in [0.2, 0.25) is 0 Å². The van der Waals surface area contributed by atoms with E-state index >= 15 is 0 Å². The Balaban J connectivity index is 2.25. The minimum absolute atomic E-state index is 0.00620. The van der Waals surface area contributed by atoms with Crippen molar-refractivity contribution in [2.24, 2.45) is 0 Å². The van der Waals surface area contributed by atoms with Crippen molar-refractivity contribution in [2.45, 2.75) is 4.90 Å². The number of benzene rings is 2. The van der Waals surface area contributed by atoms with Gasteiger partial charge in [-0.3, -0.25) is 4.79 Å². The fourth-order valence-electron chi connectivity index (χ4n) is 2.74. The molecule has 1 aliphatic carbocycles. The van der Waals surface area contributed by atoms with Crippen LogP contribution in [0.15, 0.2) is 35.2 Å². The first-order chi connectivity index (χ1) is 9.72. The predicted molar refractivity (Wildman–Crippen MR) is 84.7 cm³/mol. The number of carbonyl (C=O) groups excluding carboxylic acids is 1. The molecule has 2 aromatic carbocycles. The highest BCUT2D eigenvalue weighted by Gasteiger charge is 2.30. The van der Waals surface area contributed by atoms with Gasteiger partial charge in [-0.05, 0) is 36.0 Å². The highest BCUT2D eigenvalue weighted by Crippen LogP contribution is 2.45. The summed E-state index contributed by atoms with van der Waals surface area (Å²) in [6, 6.07) is 9.53. The maximum Gasteiger partial charge on any atom is 0.196 e. The molecule has 0 radical (unpaired) electrons. The number of nitrogens with two attached hydrogens (primary N) is 1. The molecule has 0 aliphatic heterocycles. The summed E-state index contributed by atoms with van der Waals surface area (Å²) in [4.78, 5) is 13.8. The Labute approximate surface area is 124 Å². The number of ketones is 1. The van der Waals surface area contributed by atoms with Gasteiger partial charge in [-0.15, -0.1) is 11.8 Å². The van der Waals surface area contributed by atoms with Crippen molar-refractivity contribution in [1.29, 1.82) is 0 Å². The standard InChI is InChI=1S/C15H10N2OS2/c1-19-9-6-5-8(16)12-13(9)14-11-7(15(12)18)3-2-4-10(11)20-17-14/h2-6H,16H2,1H3. The zero-order valence-corrected chi connectivity index (χ0v) is 12.3. The second-order valence-electron chi connectivity index (χ2n) is 4.65. The summed E-state index contributed by atoms with van der Waals surface area (Å²) in [5, 5.41) is 0.968. The van der Waals surface area contributed by atoms with Crippen LogP contribution in [0.2, 0.25) is 0 Å². The number of anilines is 1. The molecule has 3 aromatic rings. The van der Waals surface area contributed by atoms with Crippen LogP contribution in [0, 0.1) is 0 Å². The fraction of sp³-hybridized carbons (Fsp3) is 0.0667. The number of hydrogen-bond acceptors (Lipinski definition) is 5. The van der Waals surface area contributed by atoms with E-state index in [1.807, 2.05) is 30.5 Å². The lowest BCUT2D eigenvalue weighted by molar-refractivity contribution is 0.104. The Hall–Kier alpha value is -1.85. The van der Waals surface area contributed by atoms with E-state index in [4.69, 9.17) is 5.73 Å². The SMILES string of the molecule is CSc1ccc(N)c2c1-c1nsc3cccc(c13)C2=O. The number of carbonyl (C=O) groups is 1. The van der Waals surface area contributed by atoms with Crippen LogP contribution in [0.5, 0.6) is 0 Å². The van der Waals surface area contributed by atoms with Gasteiger partial charge in [0.1, 0.15) is 0 Å². The van der Waals surface area contributed by atoms with E-state index in [9.17, 15) is 4.79 Å². The number of hydrogen-bond donors (Lipinski definition) is 1. The van der Waals surface area contributed by atoms with Gasteiger partial charge >= 0.3 is 0 Å². The Bertz CT molecular complexity index is 883. The molecule has 0 amide bonds. The molecule has 5 heteroatoms. The monoisotopic (exact) mass is 298 g/mol. The molecule has 1 heterocycles. The normalized spacial score (nSPS) is 12.8. The quantitative estimate of drug-likeness (QED) is 0.429. The molecule has 0 fully saturated rings. The second kappa shape index (κ2) is 4.07. The van der Waals surface area contributed by atoms with E-state index in [1.165, 1.54) is 11.5 Å². The molecular weight excluding hydrogens is 288 g/mol. The zero-order valence-electron chi connectivity index (χ0n) is 10.6. The van der Waals surface area contributed by atoms with Gasteiger partial charge in [0.05, 0.1) is 16.0 Å². The molecule has 0 unspecified atom stereocenters. The summed E-state index contributed by atoms with van der Waals surface area (Å²) in [5.41, 5.74) is 9.68. The lowest BCUT2D eigenvalue weighted by Crippen LogP contribution is -2.12. The Kier molecular flexibility index (Phi) is 2.43. The minimum Gasteiger partial charge on any atom is -0.398 e. The number of nitrogens with zero attached hydrogens (tertiary/aromatic N) is 1. The zero-order chi connectivity index (χ0) is 13.9. The van der Waals surface area contributed by atoms with Crippen LogP contribution in [0.3, 0.4) is 0 Å². The van der Waals surface area contributed by atoms with Crippen molar-refractivity contribution in [1.82, 2.24) is 4.37 Å². The molecule has 1 aromatic heterocycles. The highest BCUT2D eigenvalue weighted by molar-refractivity contribution is 7.98. The lowest BCUT2D eigenvalue weighted by Gasteiger charge is -2.19. The van der Waals surface area contributed by atoms with Crippen LogP contribution in [0.4, 0.5) is 5.69 Å². The van der Waals surface area contributed by atoms with Crippen LogP contribution in [0.1, 0.15) is 15.9 Å². The van der Waals surface area contributed by atoms with Gasteiger partial charge in [0.15, 0.2) is 5.78 Å². The average molecular weight is 298 g/mol. The van der Waals surface area contributed by atoms with E-state index in [2.05, 4.69) is 4.37 Å². The molecule has 0 atom stereocenters. The summed E-state index contributed by atoms with van der Waals surface area (Å²) in [6.07, 6.45) is 2.00. The van der Waals surface area contributed by atoms with Gasteiger partial charge in [-0.1, -0.05) is 12.1 Å². The first-order valence-electron chi connectivity index (χ1n) is 6.12. The van der Waals surface area contributed by atoms with E-state index < -0.39 is 0 Å². The predicted octanol–water partition coefficient (Wildman–Crippen LogP) is 3.81. The number of nitrogen functional groups attached to an aromatic ring is 1. The number of fused-ring (bicyclic) bond motifs is 2. The van der Waals surface area contributed by atoms with Crippen LogP contribution < -0.4 is 5.73 Å².